The molecule has 0 saturated carbocycles. The van der Waals surface area contributed by atoms with Gasteiger partial charge in [0.1, 0.15) is 5.82 Å². The number of hydrogen-bond acceptors (Lipinski definition) is 2. The fourth-order valence-corrected chi connectivity index (χ4v) is 2.75. The zero-order chi connectivity index (χ0) is 14.1. The summed E-state index contributed by atoms with van der Waals surface area (Å²) < 4.78 is 13.4. The van der Waals surface area contributed by atoms with E-state index in [0.29, 0.717) is 5.56 Å². The van der Waals surface area contributed by atoms with E-state index in [0.717, 1.165) is 24.1 Å². The van der Waals surface area contributed by atoms with Gasteiger partial charge in [-0.1, -0.05) is 30.3 Å². The molecule has 0 bridgehead atoms. The molecule has 1 aliphatic rings. The lowest BCUT2D eigenvalue weighted by Crippen LogP contribution is -2.35. The number of fused-ring (bicyclic) bond motifs is 1. The molecule has 1 atom stereocenters. The highest BCUT2D eigenvalue weighted by Gasteiger charge is 2.27. The average Bonchev–Trinajstić information content (AvgIpc) is 2.48. The molecule has 3 heteroatoms. The van der Waals surface area contributed by atoms with E-state index in [4.69, 9.17) is 0 Å². The van der Waals surface area contributed by atoms with Crippen molar-refractivity contribution < 1.29 is 9.18 Å². The van der Waals surface area contributed by atoms with Gasteiger partial charge in [0, 0.05) is 12.1 Å². The van der Waals surface area contributed by atoms with Crippen LogP contribution >= 0.6 is 0 Å². The first-order valence-corrected chi connectivity index (χ1v) is 6.78. The minimum absolute atomic E-state index is 0.0610. The van der Waals surface area contributed by atoms with Gasteiger partial charge in [-0.25, -0.2) is 4.39 Å². The van der Waals surface area contributed by atoms with Crippen molar-refractivity contribution in [3.63, 3.8) is 0 Å². The Bertz CT molecular complexity index is 666. The third-order valence-electron chi connectivity index (χ3n) is 3.84. The predicted molar refractivity (Wildman–Crippen MR) is 76.4 cm³/mol. The van der Waals surface area contributed by atoms with Crippen molar-refractivity contribution in [1.29, 1.82) is 0 Å². The number of ketones is 1. The Kier molecular flexibility index (Phi) is 3.36. The summed E-state index contributed by atoms with van der Waals surface area (Å²) in [5, 5.41) is 3.25. The van der Waals surface area contributed by atoms with E-state index >= 15 is 0 Å². The number of halogens is 1. The quantitative estimate of drug-likeness (QED) is 0.848. The molecule has 1 N–H and O–H groups in total. The molecule has 0 radical (unpaired) electrons. The maximum absolute atomic E-state index is 13.4. The molecular formula is C17H16FNO. The SMILES string of the molecule is Cc1ccc(F)cc1C(=O)C1NCCc2ccccc21. The maximum atomic E-state index is 13.4. The zero-order valence-corrected chi connectivity index (χ0v) is 11.3. The fourth-order valence-electron chi connectivity index (χ4n) is 2.75. The Balaban J connectivity index is 2.02. The molecule has 0 spiro atoms. The highest BCUT2D eigenvalue weighted by atomic mass is 19.1. The Morgan fingerprint density at radius 3 is 2.90 bits per heavy atom. The topological polar surface area (TPSA) is 29.1 Å². The van der Waals surface area contributed by atoms with Crippen LogP contribution in [0.25, 0.3) is 0 Å². The Labute approximate surface area is 117 Å². The van der Waals surface area contributed by atoms with Crippen LogP contribution in [0.3, 0.4) is 0 Å². The molecule has 2 aromatic rings. The van der Waals surface area contributed by atoms with Crippen LogP contribution < -0.4 is 5.32 Å². The molecule has 1 aliphatic heterocycles. The third kappa shape index (κ3) is 2.25. The average molecular weight is 269 g/mol. The standard InChI is InChI=1S/C17H16FNO/c1-11-6-7-13(18)10-15(11)17(20)16-14-5-3-2-4-12(14)8-9-19-16/h2-7,10,16,19H,8-9H2,1H3. The first-order valence-electron chi connectivity index (χ1n) is 6.78. The second kappa shape index (κ2) is 5.17. The normalized spacial score (nSPS) is 17.6. The molecule has 1 unspecified atom stereocenters. The van der Waals surface area contributed by atoms with Crippen LogP contribution in [0.2, 0.25) is 0 Å². The largest absolute Gasteiger partial charge is 0.303 e. The van der Waals surface area contributed by atoms with E-state index in [1.165, 1.54) is 17.7 Å². The molecule has 102 valence electrons. The number of benzene rings is 2. The van der Waals surface area contributed by atoms with E-state index in [1.807, 2.05) is 25.1 Å². The summed E-state index contributed by atoms with van der Waals surface area (Å²) in [7, 11) is 0. The molecule has 20 heavy (non-hydrogen) atoms. The molecule has 1 heterocycles. The highest BCUT2D eigenvalue weighted by molar-refractivity contribution is 6.02. The maximum Gasteiger partial charge on any atom is 0.184 e. The number of Topliss-reactive ketones (excluding diaryl/α,β-unsaturated/α-hetero) is 1. The zero-order valence-electron chi connectivity index (χ0n) is 11.3. The van der Waals surface area contributed by atoms with Crippen LogP contribution in [0.15, 0.2) is 42.5 Å². The highest BCUT2D eigenvalue weighted by Crippen LogP contribution is 2.27. The first-order chi connectivity index (χ1) is 9.66. The molecule has 0 fully saturated rings. The number of carbonyl (C=O) groups excluding carboxylic acids is 1. The van der Waals surface area contributed by atoms with Gasteiger partial charge in [0.05, 0.1) is 6.04 Å². The van der Waals surface area contributed by atoms with Gasteiger partial charge in [-0.2, -0.15) is 0 Å². The monoisotopic (exact) mass is 269 g/mol. The molecule has 2 aromatic carbocycles. The lowest BCUT2D eigenvalue weighted by Gasteiger charge is -2.26. The number of hydrogen-bond donors (Lipinski definition) is 1. The summed E-state index contributed by atoms with van der Waals surface area (Å²) in [4.78, 5) is 12.7. The van der Waals surface area contributed by atoms with Gasteiger partial charge in [0.25, 0.3) is 0 Å². The molecule has 0 amide bonds. The van der Waals surface area contributed by atoms with Crippen LogP contribution in [0, 0.1) is 12.7 Å². The second-order valence-electron chi connectivity index (χ2n) is 5.16. The minimum Gasteiger partial charge on any atom is -0.303 e. The van der Waals surface area contributed by atoms with Crippen molar-refractivity contribution in [3.05, 3.63) is 70.5 Å². The van der Waals surface area contributed by atoms with Crippen molar-refractivity contribution >= 4 is 5.78 Å². The summed E-state index contributed by atoms with van der Waals surface area (Å²) in [6.07, 6.45) is 0.919. The van der Waals surface area contributed by atoms with Gasteiger partial charge < -0.3 is 5.32 Å². The van der Waals surface area contributed by atoms with Gasteiger partial charge in [-0.15, -0.1) is 0 Å². The number of carbonyl (C=O) groups is 1. The number of rotatable bonds is 2. The van der Waals surface area contributed by atoms with E-state index < -0.39 is 0 Å². The van der Waals surface area contributed by atoms with E-state index in [2.05, 4.69) is 11.4 Å². The summed E-state index contributed by atoms with van der Waals surface area (Å²) in [6, 6.07) is 11.9. The number of nitrogens with one attached hydrogen (secondary N) is 1. The molecule has 2 nitrogen and oxygen atoms in total. The molecule has 0 aliphatic carbocycles. The fraction of sp³-hybridized carbons (Fsp3) is 0.235. The predicted octanol–water partition coefficient (Wildman–Crippen LogP) is 3.20. The summed E-state index contributed by atoms with van der Waals surface area (Å²) in [5.74, 6) is -0.433. The van der Waals surface area contributed by atoms with Gasteiger partial charge >= 0.3 is 0 Å². The van der Waals surface area contributed by atoms with Crippen LogP contribution in [0.1, 0.15) is 33.1 Å². The summed E-state index contributed by atoms with van der Waals surface area (Å²) in [6.45, 7) is 2.60. The molecule has 0 aromatic heterocycles. The summed E-state index contributed by atoms with van der Waals surface area (Å²) >= 11 is 0. The third-order valence-corrected chi connectivity index (χ3v) is 3.84. The Hall–Kier alpha value is -2.00. The lowest BCUT2D eigenvalue weighted by atomic mass is 9.88. The van der Waals surface area contributed by atoms with Crippen LogP contribution in [0.5, 0.6) is 0 Å². The first kappa shape index (κ1) is 13.0. The summed E-state index contributed by atoms with van der Waals surface area (Å²) in [5.41, 5.74) is 3.46. The smallest absolute Gasteiger partial charge is 0.184 e. The van der Waals surface area contributed by atoms with Crippen molar-refractivity contribution in [2.24, 2.45) is 0 Å². The van der Waals surface area contributed by atoms with Gasteiger partial charge in [0.15, 0.2) is 5.78 Å². The van der Waals surface area contributed by atoms with Gasteiger partial charge in [-0.05, 0) is 42.2 Å². The van der Waals surface area contributed by atoms with E-state index in [9.17, 15) is 9.18 Å². The van der Waals surface area contributed by atoms with Crippen molar-refractivity contribution in [3.8, 4) is 0 Å². The second-order valence-corrected chi connectivity index (χ2v) is 5.16. The molecule has 3 rings (SSSR count). The molecular weight excluding hydrogens is 253 g/mol. The van der Waals surface area contributed by atoms with Crippen LogP contribution in [0.4, 0.5) is 4.39 Å². The Morgan fingerprint density at radius 1 is 1.25 bits per heavy atom. The van der Waals surface area contributed by atoms with Crippen molar-refractivity contribution in [2.75, 3.05) is 6.54 Å². The minimum atomic E-state index is -0.375. The Morgan fingerprint density at radius 2 is 2.05 bits per heavy atom. The van der Waals surface area contributed by atoms with Crippen molar-refractivity contribution in [2.45, 2.75) is 19.4 Å². The van der Waals surface area contributed by atoms with Crippen molar-refractivity contribution in [1.82, 2.24) is 5.32 Å². The molecule has 0 saturated heterocycles. The lowest BCUT2D eigenvalue weighted by molar-refractivity contribution is 0.0938. The van der Waals surface area contributed by atoms with E-state index in [-0.39, 0.29) is 17.6 Å². The number of aryl methyl sites for hydroxylation is 1. The van der Waals surface area contributed by atoms with Crippen LogP contribution in [-0.4, -0.2) is 12.3 Å². The van der Waals surface area contributed by atoms with E-state index in [1.54, 1.807) is 6.07 Å². The van der Waals surface area contributed by atoms with Crippen LogP contribution in [-0.2, 0) is 6.42 Å². The van der Waals surface area contributed by atoms with Gasteiger partial charge in [0.2, 0.25) is 0 Å². The van der Waals surface area contributed by atoms with Gasteiger partial charge in [-0.3, -0.25) is 4.79 Å².